The van der Waals surface area contributed by atoms with E-state index < -0.39 is 0 Å². The van der Waals surface area contributed by atoms with Crippen LogP contribution in [0.25, 0.3) is 100 Å². The van der Waals surface area contributed by atoms with Crippen molar-refractivity contribution in [3.8, 4) is 73.2 Å². The summed E-state index contributed by atoms with van der Waals surface area (Å²) in [4.78, 5) is 11.0. The van der Waals surface area contributed by atoms with Crippen molar-refractivity contribution < 1.29 is 26.2 Å². The van der Waals surface area contributed by atoms with Gasteiger partial charge < -0.3 is 9.67 Å². The largest absolute Gasteiger partial charge is 0.507 e. The molecule has 6 heteroatoms. The molecule has 8 aromatic carbocycles. The second-order valence-electron chi connectivity index (χ2n) is 29.4. The number of para-hydroxylation sites is 2. The molecule has 3 aromatic heterocycles. The Labute approximate surface area is 514 Å². The Balaban J connectivity index is 0.00000786. The minimum Gasteiger partial charge on any atom is -0.507 e. The van der Waals surface area contributed by atoms with E-state index in [4.69, 9.17) is 9.97 Å². The van der Waals surface area contributed by atoms with E-state index in [0.29, 0.717) is 11.4 Å². The summed E-state index contributed by atoms with van der Waals surface area (Å²) in [5, 5.41) is 15.3. The number of aromatic hydroxyl groups is 1. The maximum Gasteiger partial charge on any atom is 0.148 e. The second-order valence-corrected chi connectivity index (χ2v) is 29.4. The topological polar surface area (TPSA) is 55.9 Å². The minimum atomic E-state index is -0.354. The average molecular weight is 1290 g/mol. The van der Waals surface area contributed by atoms with Gasteiger partial charge in [-0.2, -0.15) is 0 Å². The number of hydrogen-bond acceptors (Lipinski definition) is 3. The van der Waals surface area contributed by atoms with Crippen molar-refractivity contribution in [1.29, 1.82) is 0 Å². The van der Waals surface area contributed by atoms with Gasteiger partial charge in [0.25, 0.3) is 0 Å². The Hall–Kier alpha value is -7.33. The Morgan fingerprint density at radius 1 is 0.405 bits per heavy atom. The Morgan fingerprint density at radius 3 is 1.58 bits per heavy atom. The number of fused-ring (bicyclic) bond motifs is 4. The fourth-order valence-corrected chi connectivity index (χ4v) is 11.7. The fourth-order valence-electron chi connectivity index (χ4n) is 11.7. The van der Waals surface area contributed by atoms with Gasteiger partial charge in [0, 0.05) is 66.1 Å². The molecule has 84 heavy (non-hydrogen) atoms. The van der Waals surface area contributed by atoms with Crippen LogP contribution in [0.4, 0.5) is 0 Å². The zero-order valence-corrected chi connectivity index (χ0v) is 55.0. The predicted octanol–water partition coefficient (Wildman–Crippen LogP) is 21.1. The third-order valence-electron chi connectivity index (χ3n) is 16.9. The summed E-state index contributed by atoms with van der Waals surface area (Å²) in [5.74, 6) is 0.921. The molecule has 11 rings (SSSR count). The molecule has 3 heterocycles. The molecule has 1 N–H and O–H groups in total. The number of nitrogens with zero attached hydrogens (tertiary/aromatic N) is 4. The molecule has 0 bridgehead atoms. The molecular weight excluding hydrogens is 1200 g/mol. The van der Waals surface area contributed by atoms with Crippen LogP contribution in [0.1, 0.15) is 158 Å². The average Bonchev–Trinajstić information content (AvgIpc) is 4.17. The first-order valence-corrected chi connectivity index (χ1v) is 29.7. The molecule has 0 aliphatic heterocycles. The quantitative estimate of drug-likeness (QED) is 0.162. The fraction of sp³-hybridized carbons (Fsp3) is 0.308. The molecule has 0 fully saturated rings. The van der Waals surface area contributed by atoms with Crippen molar-refractivity contribution >= 4 is 32.8 Å². The standard InChI is InChI=1S/C78H83N4O.Pt/c1-73(2,3)52-32-34-66(59(42-52)48-26-21-19-22-27-48)82-68-31-25-30-58(69(68)80-72(82)63-46-56(77(13,14)15)47-64(71(63)83)78(16,17)18)50-38-51(40-54(39-50)75(7,8)9)65-41-49(36-37-79-65)60-44-55(76(10,11)12)45-62-61-43-53(74(4,5)6)33-35-67(61)81(70(60)62)57-28-23-20-24-29-57;/h19-37,39-47,83H,1-18H3;/q-1;. The van der Waals surface area contributed by atoms with Crippen molar-refractivity contribution in [2.75, 3.05) is 0 Å². The van der Waals surface area contributed by atoms with Gasteiger partial charge in [-0.3, -0.25) is 9.55 Å². The molecule has 5 nitrogen and oxygen atoms in total. The summed E-state index contributed by atoms with van der Waals surface area (Å²) in [5.41, 5.74) is 20.9. The number of imidazole rings is 1. The predicted molar refractivity (Wildman–Crippen MR) is 353 cm³/mol. The number of aromatic nitrogens is 4. The first kappa shape index (κ1) is 59.8. The second kappa shape index (κ2) is 21.3. The van der Waals surface area contributed by atoms with Crippen LogP contribution in [0.5, 0.6) is 5.75 Å². The van der Waals surface area contributed by atoms with Gasteiger partial charge in [-0.25, -0.2) is 4.98 Å². The summed E-state index contributed by atoms with van der Waals surface area (Å²) < 4.78 is 4.76. The molecule has 0 saturated heterocycles. The first-order chi connectivity index (χ1) is 38.9. The first-order valence-electron chi connectivity index (χ1n) is 29.7. The van der Waals surface area contributed by atoms with Gasteiger partial charge in [-0.05, 0) is 133 Å². The minimum absolute atomic E-state index is 0. The van der Waals surface area contributed by atoms with E-state index in [0.717, 1.165) is 83.7 Å². The molecular formula is C78H83N4OPt-. The molecule has 0 unspecified atom stereocenters. The van der Waals surface area contributed by atoms with Gasteiger partial charge >= 0.3 is 0 Å². The van der Waals surface area contributed by atoms with Gasteiger partial charge in [-0.15, -0.1) is 29.3 Å². The number of hydrogen-bond donors (Lipinski definition) is 1. The molecule has 0 saturated carbocycles. The molecule has 0 radical (unpaired) electrons. The van der Waals surface area contributed by atoms with E-state index in [1.807, 2.05) is 6.20 Å². The number of rotatable bonds is 7. The van der Waals surface area contributed by atoms with Crippen molar-refractivity contribution in [3.05, 3.63) is 209 Å². The van der Waals surface area contributed by atoms with Crippen LogP contribution in [-0.2, 0) is 53.6 Å². The third kappa shape index (κ3) is 11.1. The van der Waals surface area contributed by atoms with Crippen LogP contribution in [0.2, 0.25) is 0 Å². The zero-order chi connectivity index (χ0) is 59.5. The Bertz CT molecular complexity index is 4300. The molecule has 0 atom stereocenters. The zero-order valence-electron chi connectivity index (χ0n) is 52.7. The summed E-state index contributed by atoms with van der Waals surface area (Å²) in [7, 11) is 0. The van der Waals surface area contributed by atoms with E-state index in [9.17, 15) is 5.11 Å². The van der Waals surface area contributed by atoms with E-state index in [-0.39, 0.29) is 59.3 Å². The maximum atomic E-state index is 12.8. The molecule has 0 amide bonds. The Morgan fingerprint density at radius 2 is 0.952 bits per heavy atom. The number of pyridine rings is 1. The van der Waals surface area contributed by atoms with Crippen molar-refractivity contribution in [3.63, 3.8) is 0 Å². The summed E-state index contributed by atoms with van der Waals surface area (Å²) in [6, 6.07) is 64.1. The van der Waals surface area contributed by atoms with Crippen molar-refractivity contribution in [1.82, 2.24) is 19.1 Å². The van der Waals surface area contributed by atoms with E-state index >= 15 is 0 Å². The SMILES string of the molecule is CC(C)(C)c1cc(-c2cc(-c3cc(C(C)(C)C)cc4c5cc(C(C)(C)C)ccc5n(-c5ccccc5)c34)ccn2)[c-]c(-c2cccc3c2nc(-c2cc(C(C)(C)C)cc(C(C)(C)C)c2O)n3-c2ccc(C(C)(C)C)cc2-c2ccccc2)c1.[Pt]. The monoisotopic (exact) mass is 1290 g/mol. The van der Waals surface area contributed by atoms with E-state index in [1.54, 1.807) is 0 Å². The number of phenols is 1. The normalized spacial score (nSPS) is 12.8. The van der Waals surface area contributed by atoms with Crippen LogP contribution in [-0.4, -0.2) is 24.2 Å². The van der Waals surface area contributed by atoms with Gasteiger partial charge in [0.15, 0.2) is 0 Å². The van der Waals surface area contributed by atoms with Crippen LogP contribution in [0.3, 0.4) is 0 Å². The van der Waals surface area contributed by atoms with Crippen molar-refractivity contribution in [2.24, 2.45) is 0 Å². The van der Waals surface area contributed by atoms with Gasteiger partial charge in [0.05, 0.1) is 33.3 Å². The van der Waals surface area contributed by atoms with Gasteiger partial charge in [0.2, 0.25) is 0 Å². The summed E-state index contributed by atoms with van der Waals surface area (Å²) in [6.07, 6.45) is 1.97. The van der Waals surface area contributed by atoms with Gasteiger partial charge in [0.1, 0.15) is 11.6 Å². The van der Waals surface area contributed by atoms with Crippen LogP contribution in [0, 0.1) is 6.07 Å². The Kier molecular flexibility index (Phi) is 15.2. The molecule has 11 aromatic rings. The molecule has 432 valence electrons. The molecule has 0 spiro atoms. The van der Waals surface area contributed by atoms with Crippen LogP contribution in [0.15, 0.2) is 170 Å². The van der Waals surface area contributed by atoms with Crippen LogP contribution < -0.4 is 0 Å². The van der Waals surface area contributed by atoms with E-state index in [2.05, 4.69) is 304 Å². The molecule has 0 aliphatic carbocycles. The number of phenolic OH excluding ortho intramolecular Hbond substituents is 1. The maximum absolute atomic E-state index is 12.8. The molecule has 0 aliphatic rings. The summed E-state index contributed by atoms with van der Waals surface area (Å²) in [6.45, 7) is 40.7. The van der Waals surface area contributed by atoms with E-state index in [1.165, 1.54) is 38.5 Å². The van der Waals surface area contributed by atoms with Gasteiger partial charge in [-0.1, -0.05) is 221 Å². The number of benzene rings is 8. The third-order valence-corrected chi connectivity index (χ3v) is 16.9. The smallest absolute Gasteiger partial charge is 0.148 e. The summed E-state index contributed by atoms with van der Waals surface area (Å²) >= 11 is 0. The van der Waals surface area contributed by atoms with Crippen LogP contribution >= 0.6 is 0 Å². The van der Waals surface area contributed by atoms with Crippen molar-refractivity contribution in [2.45, 2.75) is 157 Å².